The van der Waals surface area contributed by atoms with E-state index >= 15 is 0 Å². The Morgan fingerprint density at radius 2 is 2.05 bits per heavy atom. The monoisotopic (exact) mass is 270 g/mol. The van der Waals surface area contributed by atoms with Crippen LogP contribution in [-0.4, -0.2) is 49.2 Å². The molecule has 4 heteroatoms. The van der Waals surface area contributed by atoms with Crippen molar-refractivity contribution in [3.8, 4) is 0 Å². The number of ether oxygens (including phenoxy) is 1. The van der Waals surface area contributed by atoms with Gasteiger partial charge < -0.3 is 15.0 Å². The Morgan fingerprint density at radius 1 is 1.37 bits per heavy atom. The van der Waals surface area contributed by atoms with Crippen LogP contribution in [0.1, 0.15) is 52.9 Å². The normalized spacial score (nSPS) is 18.3. The molecule has 0 spiro atoms. The van der Waals surface area contributed by atoms with Crippen LogP contribution in [0.15, 0.2) is 0 Å². The van der Waals surface area contributed by atoms with Crippen LogP contribution in [0.3, 0.4) is 0 Å². The minimum atomic E-state index is 0.154. The Kier molecular flexibility index (Phi) is 8.07. The molecule has 0 bridgehead atoms. The average molecular weight is 270 g/mol. The van der Waals surface area contributed by atoms with Gasteiger partial charge in [0.2, 0.25) is 5.91 Å². The highest BCUT2D eigenvalue weighted by molar-refractivity contribution is 5.77. The number of nitrogens with zero attached hydrogens (tertiary/aromatic N) is 1. The zero-order chi connectivity index (χ0) is 14.1. The molecule has 1 rings (SSSR count). The largest absolute Gasteiger partial charge is 0.368 e. The van der Waals surface area contributed by atoms with Crippen molar-refractivity contribution in [1.29, 1.82) is 0 Å². The fourth-order valence-electron chi connectivity index (χ4n) is 2.37. The predicted octanol–water partition coefficient (Wildman–Crippen LogP) is 2.18. The second kappa shape index (κ2) is 9.32. The van der Waals surface area contributed by atoms with Gasteiger partial charge in [-0.2, -0.15) is 0 Å². The molecule has 1 saturated heterocycles. The summed E-state index contributed by atoms with van der Waals surface area (Å²) in [5.41, 5.74) is 0. The summed E-state index contributed by atoms with van der Waals surface area (Å²) in [6.45, 7) is 9.53. The highest BCUT2D eigenvalue weighted by Crippen LogP contribution is 2.10. The van der Waals surface area contributed by atoms with Gasteiger partial charge in [0, 0.05) is 12.6 Å². The molecule has 1 atom stereocenters. The van der Waals surface area contributed by atoms with Crippen LogP contribution in [0.25, 0.3) is 0 Å². The summed E-state index contributed by atoms with van der Waals surface area (Å²) < 4.78 is 5.77. The molecule has 0 aliphatic carbocycles. The summed E-state index contributed by atoms with van der Waals surface area (Å²) in [7, 11) is 0. The van der Waals surface area contributed by atoms with Gasteiger partial charge >= 0.3 is 0 Å². The van der Waals surface area contributed by atoms with Gasteiger partial charge in [-0.05, 0) is 45.7 Å². The Hall–Kier alpha value is -0.610. The summed E-state index contributed by atoms with van der Waals surface area (Å²) in [6, 6.07) is 0.315. The highest BCUT2D eigenvalue weighted by atomic mass is 16.5. The maximum atomic E-state index is 12.3. The molecular weight excluding hydrogens is 240 g/mol. The van der Waals surface area contributed by atoms with E-state index < -0.39 is 0 Å². The number of hydrogen-bond acceptors (Lipinski definition) is 3. The third kappa shape index (κ3) is 5.91. The lowest BCUT2D eigenvalue weighted by Crippen LogP contribution is -2.42. The number of unbranched alkanes of at least 4 members (excludes halogenated alkanes) is 1. The molecule has 1 unspecified atom stereocenters. The van der Waals surface area contributed by atoms with Gasteiger partial charge in [-0.1, -0.05) is 20.3 Å². The summed E-state index contributed by atoms with van der Waals surface area (Å²) >= 11 is 0. The number of amides is 1. The molecule has 0 aromatic carbocycles. The van der Waals surface area contributed by atoms with Crippen LogP contribution in [0.4, 0.5) is 0 Å². The third-order valence-electron chi connectivity index (χ3n) is 3.92. The minimum absolute atomic E-state index is 0.154. The van der Waals surface area contributed by atoms with E-state index in [1.165, 1.54) is 0 Å². The van der Waals surface area contributed by atoms with Crippen molar-refractivity contribution >= 4 is 5.91 Å². The quantitative estimate of drug-likeness (QED) is 0.735. The van der Waals surface area contributed by atoms with Crippen molar-refractivity contribution < 1.29 is 9.53 Å². The second-order valence-corrected chi connectivity index (χ2v) is 5.46. The van der Waals surface area contributed by atoms with E-state index in [1.807, 2.05) is 4.90 Å². The lowest BCUT2D eigenvalue weighted by atomic mass is 10.1. The first-order chi connectivity index (χ1) is 9.19. The lowest BCUT2D eigenvalue weighted by molar-refractivity contribution is -0.140. The Labute approximate surface area is 117 Å². The fraction of sp³-hybridized carbons (Fsp3) is 0.933. The Balaban J connectivity index is 2.37. The topological polar surface area (TPSA) is 41.6 Å². The molecule has 1 fully saturated rings. The van der Waals surface area contributed by atoms with Crippen LogP contribution < -0.4 is 5.32 Å². The van der Waals surface area contributed by atoms with Crippen LogP contribution in [0.2, 0.25) is 0 Å². The first-order valence-corrected chi connectivity index (χ1v) is 7.80. The van der Waals surface area contributed by atoms with Gasteiger partial charge in [-0.25, -0.2) is 0 Å². The van der Waals surface area contributed by atoms with E-state index in [1.54, 1.807) is 0 Å². The zero-order valence-corrected chi connectivity index (χ0v) is 12.8. The molecule has 1 amide bonds. The Morgan fingerprint density at radius 3 is 2.63 bits per heavy atom. The van der Waals surface area contributed by atoms with Gasteiger partial charge in [0.15, 0.2) is 0 Å². The Bertz CT molecular complexity index is 253. The van der Waals surface area contributed by atoms with Gasteiger partial charge in [0.25, 0.3) is 0 Å². The van der Waals surface area contributed by atoms with E-state index in [0.29, 0.717) is 6.04 Å². The lowest BCUT2D eigenvalue weighted by Gasteiger charge is -2.30. The van der Waals surface area contributed by atoms with Gasteiger partial charge in [-0.15, -0.1) is 0 Å². The predicted molar refractivity (Wildman–Crippen MR) is 78.2 cm³/mol. The van der Waals surface area contributed by atoms with E-state index in [4.69, 9.17) is 4.74 Å². The molecule has 0 saturated carbocycles. The summed E-state index contributed by atoms with van der Waals surface area (Å²) in [4.78, 5) is 14.3. The molecule has 4 nitrogen and oxygen atoms in total. The average Bonchev–Trinajstić information content (AvgIpc) is 2.46. The number of piperidine rings is 1. The summed E-state index contributed by atoms with van der Waals surface area (Å²) in [5, 5.41) is 3.31. The third-order valence-corrected chi connectivity index (χ3v) is 3.92. The van der Waals surface area contributed by atoms with Crippen molar-refractivity contribution in [1.82, 2.24) is 10.2 Å². The van der Waals surface area contributed by atoms with Crippen LogP contribution in [-0.2, 0) is 9.53 Å². The number of rotatable bonds is 8. The zero-order valence-electron chi connectivity index (χ0n) is 12.8. The molecule has 0 radical (unpaired) electrons. The molecule has 0 aromatic heterocycles. The van der Waals surface area contributed by atoms with Crippen molar-refractivity contribution in [3.05, 3.63) is 0 Å². The van der Waals surface area contributed by atoms with Crippen molar-refractivity contribution in [2.45, 2.75) is 65.0 Å². The smallest absolute Gasteiger partial charge is 0.248 e. The van der Waals surface area contributed by atoms with E-state index in [0.717, 1.165) is 51.7 Å². The molecule has 112 valence electrons. The second-order valence-electron chi connectivity index (χ2n) is 5.46. The summed E-state index contributed by atoms with van der Waals surface area (Å²) in [6.07, 6.45) is 5.49. The fourth-order valence-corrected chi connectivity index (χ4v) is 2.37. The van der Waals surface area contributed by atoms with Gasteiger partial charge in [0.1, 0.15) is 6.61 Å². The van der Waals surface area contributed by atoms with Crippen molar-refractivity contribution in [2.24, 2.45) is 0 Å². The molecule has 1 heterocycles. The maximum Gasteiger partial charge on any atom is 0.248 e. The molecule has 19 heavy (non-hydrogen) atoms. The van der Waals surface area contributed by atoms with E-state index in [2.05, 4.69) is 26.1 Å². The first-order valence-electron chi connectivity index (χ1n) is 7.80. The standard InChI is InChI=1S/C15H30N2O2/c1-4-6-11-17(13(3)5-2)15(18)12-19-14-7-9-16-10-8-14/h13-14,16H,4-12H2,1-3H3. The van der Waals surface area contributed by atoms with Gasteiger partial charge in [0.05, 0.1) is 6.10 Å². The number of nitrogens with one attached hydrogen (secondary N) is 1. The molecule has 1 N–H and O–H groups in total. The van der Waals surface area contributed by atoms with Crippen molar-refractivity contribution in [2.75, 3.05) is 26.2 Å². The number of carbonyl (C=O) groups excluding carboxylic acids is 1. The van der Waals surface area contributed by atoms with Crippen LogP contribution in [0, 0.1) is 0 Å². The minimum Gasteiger partial charge on any atom is -0.368 e. The molecule has 1 aliphatic heterocycles. The molecule has 0 aromatic rings. The number of carbonyl (C=O) groups is 1. The number of hydrogen-bond donors (Lipinski definition) is 1. The SMILES string of the molecule is CCCCN(C(=O)COC1CCNCC1)C(C)CC. The van der Waals surface area contributed by atoms with E-state index in [-0.39, 0.29) is 18.6 Å². The molecular formula is C15H30N2O2. The van der Waals surface area contributed by atoms with Gasteiger partial charge in [-0.3, -0.25) is 4.79 Å². The van der Waals surface area contributed by atoms with E-state index in [9.17, 15) is 4.79 Å². The highest BCUT2D eigenvalue weighted by Gasteiger charge is 2.20. The molecule has 1 aliphatic rings. The van der Waals surface area contributed by atoms with Crippen molar-refractivity contribution in [3.63, 3.8) is 0 Å². The van der Waals surface area contributed by atoms with Crippen LogP contribution >= 0.6 is 0 Å². The summed E-state index contributed by atoms with van der Waals surface area (Å²) in [5.74, 6) is 0.154. The van der Waals surface area contributed by atoms with Crippen LogP contribution in [0.5, 0.6) is 0 Å². The first kappa shape index (κ1) is 16.4. The maximum absolute atomic E-state index is 12.3.